The number of ether oxygens (including phenoxy) is 1. The Hall–Kier alpha value is -1.29. The molecule has 1 N–H and O–H groups in total. The van der Waals surface area contributed by atoms with E-state index in [9.17, 15) is 4.79 Å². The number of furan rings is 1. The predicted molar refractivity (Wildman–Crippen MR) is 60.9 cm³/mol. The van der Waals surface area contributed by atoms with Crippen LogP contribution in [0.2, 0.25) is 0 Å². The highest BCUT2D eigenvalue weighted by Gasteiger charge is 2.15. The van der Waals surface area contributed by atoms with Gasteiger partial charge in [-0.2, -0.15) is 0 Å². The molecule has 0 aromatic carbocycles. The molecule has 1 amide bonds. The van der Waals surface area contributed by atoms with Gasteiger partial charge in [0.2, 0.25) is 5.91 Å². The van der Waals surface area contributed by atoms with Crippen LogP contribution in [0, 0.1) is 5.92 Å². The first-order valence-corrected chi connectivity index (χ1v) is 5.48. The maximum Gasteiger partial charge on any atom is 0.217 e. The molecular weight excluding hydrogens is 206 g/mol. The van der Waals surface area contributed by atoms with E-state index in [0.717, 1.165) is 5.76 Å². The summed E-state index contributed by atoms with van der Waals surface area (Å²) in [5.41, 5.74) is 0. The first-order valence-electron chi connectivity index (χ1n) is 5.48. The zero-order valence-corrected chi connectivity index (χ0v) is 10.0. The third-order valence-corrected chi connectivity index (χ3v) is 2.00. The van der Waals surface area contributed by atoms with Crippen LogP contribution in [0.15, 0.2) is 22.8 Å². The Balaban J connectivity index is 2.48. The highest BCUT2D eigenvalue weighted by Crippen LogP contribution is 2.14. The molecule has 1 aromatic rings. The van der Waals surface area contributed by atoms with E-state index in [1.165, 1.54) is 6.92 Å². The average molecular weight is 225 g/mol. The third-order valence-electron chi connectivity index (χ3n) is 2.00. The molecule has 0 bridgehead atoms. The van der Waals surface area contributed by atoms with Crippen molar-refractivity contribution in [1.82, 2.24) is 5.32 Å². The minimum absolute atomic E-state index is 0.0884. The fourth-order valence-corrected chi connectivity index (χ4v) is 1.35. The quantitative estimate of drug-likeness (QED) is 0.806. The van der Waals surface area contributed by atoms with Crippen molar-refractivity contribution in [3.63, 3.8) is 0 Å². The summed E-state index contributed by atoms with van der Waals surface area (Å²) in [5.74, 6) is 1.11. The molecule has 1 aromatic heterocycles. The van der Waals surface area contributed by atoms with E-state index < -0.39 is 0 Å². The summed E-state index contributed by atoms with van der Waals surface area (Å²) in [5, 5.41) is 2.80. The molecule has 16 heavy (non-hydrogen) atoms. The second-order valence-electron chi connectivity index (χ2n) is 4.20. The number of hydrogen-bond acceptors (Lipinski definition) is 3. The van der Waals surface area contributed by atoms with Crippen LogP contribution in [0.5, 0.6) is 0 Å². The van der Waals surface area contributed by atoms with Crippen LogP contribution < -0.4 is 5.32 Å². The summed E-state index contributed by atoms with van der Waals surface area (Å²) in [7, 11) is 0. The van der Waals surface area contributed by atoms with E-state index in [-0.39, 0.29) is 11.9 Å². The standard InChI is InChI=1S/C12H19NO3/c1-9(2)7-15-8-11(13-10(3)14)12-5-4-6-16-12/h4-6,9,11H,7-8H2,1-3H3,(H,13,14)/t11-/m1/s1. The van der Waals surface area contributed by atoms with Crippen molar-refractivity contribution >= 4 is 5.91 Å². The topological polar surface area (TPSA) is 51.5 Å². The molecule has 0 aliphatic heterocycles. The Morgan fingerprint density at radius 3 is 2.75 bits per heavy atom. The summed E-state index contributed by atoms with van der Waals surface area (Å²) in [4.78, 5) is 11.0. The first kappa shape index (κ1) is 12.8. The average Bonchev–Trinajstić information content (AvgIpc) is 2.67. The van der Waals surface area contributed by atoms with Crippen LogP contribution >= 0.6 is 0 Å². The molecule has 0 saturated carbocycles. The lowest BCUT2D eigenvalue weighted by Crippen LogP contribution is -2.29. The maximum absolute atomic E-state index is 11.0. The minimum atomic E-state index is -0.203. The molecular formula is C12H19NO3. The van der Waals surface area contributed by atoms with Crippen LogP contribution in [0.25, 0.3) is 0 Å². The molecule has 0 radical (unpaired) electrons. The van der Waals surface area contributed by atoms with Gasteiger partial charge in [0.1, 0.15) is 11.8 Å². The molecule has 0 fully saturated rings. The monoisotopic (exact) mass is 225 g/mol. The molecule has 90 valence electrons. The van der Waals surface area contributed by atoms with E-state index in [1.54, 1.807) is 12.3 Å². The van der Waals surface area contributed by atoms with Gasteiger partial charge < -0.3 is 14.5 Å². The van der Waals surface area contributed by atoms with Crippen molar-refractivity contribution in [3.05, 3.63) is 24.2 Å². The van der Waals surface area contributed by atoms with Crippen molar-refractivity contribution in [2.24, 2.45) is 5.92 Å². The summed E-state index contributed by atoms with van der Waals surface area (Å²) in [6.45, 7) is 6.76. The van der Waals surface area contributed by atoms with E-state index in [1.807, 2.05) is 6.07 Å². The molecule has 0 aliphatic carbocycles. The third kappa shape index (κ3) is 4.49. The van der Waals surface area contributed by atoms with E-state index in [2.05, 4.69) is 19.2 Å². The van der Waals surface area contributed by atoms with Gasteiger partial charge in [0.25, 0.3) is 0 Å². The Morgan fingerprint density at radius 2 is 2.25 bits per heavy atom. The normalized spacial score (nSPS) is 12.8. The predicted octanol–water partition coefficient (Wildman–Crippen LogP) is 2.13. The molecule has 1 atom stereocenters. The zero-order valence-electron chi connectivity index (χ0n) is 10.0. The number of carbonyl (C=O) groups is 1. The van der Waals surface area contributed by atoms with E-state index in [4.69, 9.17) is 9.15 Å². The van der Waals surface area contributed by atoms with Gasteiger partial charge in [-0.25, -0.2) is 0 Å². The minimum Gasteiger partial charge on any atom is -0.467 e. The van der Waals surface area contributed by atoms with E-state index in [0.29, 0.717) is 19.1 Å². The van der Waals surface area contributed by atoms with Crippen LogP contribution in [-0.4, -0.2) is 19.1 Å². The number of amides is 1. The number of rotatable bonds is 6. The zero-order chi connectivity index (χ0) is 12.0. The van der Waals surface area contributed by atoms with Gasteiger partial charge in [-0.05, 0) is 18.1 Å². The van der Waals surface area contributed by atoms with Crippen LogP contribution in [0.1, 0.15) is 32.6 Å². The number of nitrogens with one attached hydrogen (secondary N) is 1. The Kier molecular flexibility index (Phi) is 5.05. The first-order chi connectivity index (χ1) is 7.59. The molecule has 1 rings (SSSR count). The largest absolute Gasteiger partial charge is 0.467 e. The lowest BCUT2D eigenvalue weighted by atomic mass is 10.2. The van der Waals surface area contributed by atoms with E-state index >= 15 is 0 Å². The van der Waals surface area contributed by atoms with Crippen LogP contribution in [0.4, 0.5) is 0 Å². The smallest absolute Gasteiger partial charge is 0.217 e. The van der Waals surface area contributed by atoms with Crippen LogP contribution in [0.3, 0.4) is 0 Å². The Bertz CT molecular complexity index is 306. The highest BCUT2D eigenvalue weighted by atomic mass is 16.5. The van der Waals surface area contributed by atoms with Gasteiger partial charge in [-0.3, -0.25) is 4.79 Å². The van der Waals surface area contributed by atoms with Crippen molar-refractivity contribution in [2.45, 2.75) is 26.8 Å². The molecule has 0 aliphatic rings. The lowest BCUT2D eigenvalue weighted by Gasteiger charge is -2.16. The highest BCUT2D eigenvalue weighted by molar-refractivity contribution is 5.73. The van der Waals surface area contributed by atoms with Crippen LogP contribution in [-0.2, 0) is 9.53 Å². The summed E-state index contributed by atoms with van der Waals surface area (Å²) >= 11 is 0. The van der Waals surface area contributed by atoms with Crippen molar-refractivity contribution < 1.29 is 13.9 Å². The van der Waals surface area contributed by atoms with Gasteiger partial charge >= 0.3 is 0 Å². The molecule has 0 spiro atoms. The fraction of sp³-hybridized carbons (Fsp3) is 0.583. The molecule has 1 heterocycles. The van der Waals surface area contributed by atoms with Crippen molar-refractivity contribution in [1.29, 1.82) is 0 Å². The molecule has 4 heteroatoms. The molecule has 0 unspecified atom stereocenters. The van der Waals surface area contributed by atoms with Gasteiger partial charge in [0.05, 0.1) is 12.9 Å². The second kappa shape index (κ2) is 6.33. The lowest BCUT2D eigenvalue weighted by molar-refractivity contribution is -0.120. The summed E-state index contributed by atoms with van der Waals surface area (Å²) in [6.07, 6.45) is 1.59. The van der Waals surface area contributed by atoms with Crippen molar-refractivity contribution in [2.75, 3.05) is 13.2 Å². The van der Waals surface area contributed by atoms with Gasteiger partial charge in [0.15, 0.2) is 0 Å². The second-order valence-corrected chi connectivity index (χ2v) is 4.20. The number of hydrogen-bond donors (Lipinski definition) is 1. The molecule has 0 saturated heterocycles. The summed E-state index contributed by atoms with van der Waals surface area (Å²) in [6, 6.07) is 3.43. The molecule has 4 nitrogen and oxygen atoms in total. The summed E-state index contributed by atoms with van der Waals surface area (Å²) < 4.78 is 10.8. The fourth-order valence-electron chi connectivity index (χ4n) is 1.35. The van der Waals surface area contributed by atoms with Gasteiger partial charge in [-0.15, -0.1) is 0 Å². The van der Waals surface area contributed by atoms with Gasteiger partial charge in [-0.1, -0.05) is 13.8 Å². The SMILES string of the molecule is CC(=O)N[C@H](COCC(C)C)c1ccco1. The van der Waals surface area contributed by atoms with Gasteiger partial charge in [0, 0.05) is 13.5 Å². The van der Waals surface area contributed by atoms with Crippen molar-refractivity contribution in [3.8, 4) is 0 Å². The Morgan fingerprint density at radius 1 is 1.50 bits per heavy atom. The number of carbonyl (C=O) groups excluding carboxylic acids is 1. The maximum atomic E-state index is 11.0. The Labute approximate surface area is 96.0 Å².